The van der Waals surface area contributed by atoms with Crippen LogP contribution in [0.4, 0.5) is 5.95 Å². The second-order valence-electron chi connectivity index (χ2n) is 5.06. The molecular weight excluding hydrogens is 270 g/mol. The van der Waals surface area contributed by atoms with Crippen LogP contribution >= 0.6 is 0 Å². The number of aliphatic carboxylic acids is 1. The van der Waals surface area contributed by atoms with E-state index in [1.807, 2.05) is 6.07 Å². The summed E-state index contributed by atoms with van der Waals surface area (Å²) in [7, 11) is 0. The van der Waals surface area contributed by atoms with E-state index >= 15 is 0 Å². The van der Waals surface area contributed by atoms with E-state index in [4.69, 9.17) is 11.0 Å². The fourth-order valence-corrected chi connectivity index (χ4v) is 2.78. The molecule has 1 aliphatic rings. The van der Waals surface area contributed by atoms with Crippen LogP contribution in [0.5, 0.6) is 0 Å². The summed E-state index contributed by atoms with van der Waals surface area (Å²) < 4.78 is 1.65. The molecule has 3 N–H and O–H groups in total. The van der Waals surface area contributed by atoms with Crippen LogP contribution in [-0.2, 0) is 17.8 Å². The van der Waals surface area contributed by atoms with Gasteiger partial charge in [0.05, 0.1) is 24.1 Å². The Kier molecular flexibility index (Phi) is 3.06. The quantitative estimate of drug-likeness (QED) is 0.840. The lowest BCUT2D eigenvalue weighted by Gasteiger charge is -2.29. The van der Waals surface area contributed by atoms with Crippen molar-refractivity contribution in [3.8, 4) is 6.07 Å². The third kappa shape index (κ3) is 2.31. The van der Waals surface area contributed by atoms with Crippen molar-refractivity contribution < 1.29 is 9.90 Å². The fourth-order valence-electron chi connectivity index (χ4n) is 2.78. The first-order chi connectivity index (χ1) is 10.1. The smallest absolute Gasteiger partial charge is 0.307 e. The van der Waals surface area contributed by atoms with Crippen LogP contribution in [0, 0.1) is 17.2 Å². The van der Waals surface area contributed by atoms with E-state index in [1.165, 1.54) is 0 Å². The molecule has 0 radical (unpaired) electrons. The molecule has 0 saturated heterocycles. The van der Waals surface area contributed by atoms with Crippen LogP contribution in [0.25, 0.3) is 0 Å². The van der Waals surface area contributed by atoms with E-state index in [2.05, 4.69) is 16.2 Å². The molecular formula is C14H13N5O2. The van der Waals surface area contributed by atoms with E-state index in [0.29, 0.717) is 17.9 Å². The van der Waals surface area contributed by atoms with Crippen molar-refractivity contribution in [2.24, 2.45) is 5.92 Å². The lowest BCUT2D eigenvalue weighted by atomic mass is 9.81. The Balaban J connectivity index is 2.03. The van der Waals surface area contributed by atoms with Gasteiger partial charge in [-0.25, -0.2) is 4.68 Å². The Morgan fingerprint density at radius 2 is 2.33 bits per heavy atom. The number of benzene rings is 1. The second-order valence-corrected chi connectivity index (χ2v) is 5.06. The van der Waals surface area contributed by atoms with Crippen molar-refractivity contribution in [3.63, 3.8) is 0 Å². The number of carboxylic acid groups (broad SMARTS) is 1. The number of hydrogen-bond acceptors (Lipinski definition) is 5. The summed E-state index contributed by atoms with van der Waals surface area (Å²) >= 11 is 0. The Morgan fingerprint density at radius 1 is 1.52 bits per heavy atom. The van der Waals surface area contributed by atoms with Gasteiger partial charge in [0.15, 0.2) is 0 Å². The molecule has 7 nitrogen and oxygen atoms in total. The number of anilines is 1. The molecule has 0 saturated carbocycles. The number of fused-ring (bicyclic) bond motifs is 1. The average molecular weight is 283 g/mol. The largest absolute Gasteiger partial charge is 0.481 e. The van der Waals surface area contributed by atoms with Crippen LogP contribution in [0.1, 0.15) is 22.9 Å². The molecule has 2 heterocycles. The maximum atomic E-state index is 11.6. The van der Waals surface area contributed by atoms with Crippen molar-refractivity contribution in [2.45, 2.75) is 18.9 Å². The molecule has 0 fully saturated rings. The lowest BCUT2D eigenvalue weighted by Crippen LogP contribution is -2.33. The highest BCUT2D eigenvalue weighted by Gasteiger charge is 2.36. The molecule has 1 aliphatic heterocycles. The Labute approximate surface area is 120 Å². The number of nitrogens with two attached hydrogens (primary N) is 1. The van der Waals surface area contributed by atoms with Gasteiger partial charge in [0.1, 0.15) is 5.82 Å². The summed E-state index contributed by atoms with van der Waals surface area (Å²) in [5.74, 6) is -0.997. The van der Waals surface area contributed by atoms with E-state index in [0.717, 1.165) is 5.56 Å². The zero-order valence-electron chi connectivity index (χ0n) is 11.1. The van der Waals surface area contributed by atoms with E-state index in [-0.39, 0.29) is 18.3 Å². The molecule has 1 aromatic heterocycles. The van der Waals surface area contributed by atoms with Gasteiger partial charge in [-0.05, 0) is 17.7 Å². The summed E-state index contributed by atoms with van der Waals surface area (Å²) in [6.45, 7) is 0.394. The highest BCUT2D eigenvalue weighted by molar-refractivity contribution is 5.72. The minimum atomic E-state index is -0.879. The van der Waals surface area contributed by atoms with Gasteiger partial charge in [-0.1, -0.05) is 12.1 Å². The normalized spacial score (nSPS) is 20.5. The van der Waals surface area contributed by atoms with Crippen molar-refractivity contribution >= 4 is 11.9 Å². The molecule has 2 aromatic rings. The van der Waals surface area contributed by atoms with Gasteiger partial charge < -0.3 is 10.8 Å². The van der Waals surface area contributed by atoms with Gasteiger partial charge in [0.2, 0.25) is 5.95 Å². The number of carbonyl (C=O) groups is 1. The summed E-state index contributed by atoms with van der Waals surface area (Å²) in [5.41, 5.74) is 6.91. The average Bonchev–Trinajstić information content (AvgIpc) is 2.85. The standard InChI is InChI=1S/C14H13N5O2/c15-6-8-2-1-3-9(4-8)11-7-19-12(17-14(16)18-19)5-10(11)13(20)21/h1-4,10-11H,5,7H2,(H2,16,18)(H,20,21). The number of carboxylic acids is 1. The molecule has 2 unspecified atom stereocenters. The number of rotatable bonds is 2. The van der Waals surface area contributed by atoms with E-state index < -0.39 is 11.9 Å². The van der Waals surface area contributed by atoms with Crippen molar-refractivity contribution in [2.75, 3.05) is 5.73 Å². The van der Waals surface area contributed by atoms with Crippen LogP contribution in [0.3, 0.4) is 0 Å². The minimum Gasteiger partial charge on any atom is -0.481 e. The highest BCUT2D eigenvalue weighted by atomic mass is 16.4. The zero-order chi connectivity index (χ0) is 15.0. The Morgan fingerprint density at radius 3 is 3.05 bits per heavy atom. The number of hydrogen-bond donors (Lipinski definition) is 2. The van der Waals surface area contributed by atoms with Crippen LogP contribution in [-0.4, -0.2) is 25.8 Å². The first-order valence-corrected chi connectivity index (χ1v) is 6.50. The van der Waals surface area contributed by atoms with Crippen LogP contribution in [0.15, 0.2) is 24.3 Å². The van der Waals surface area contributed by atoms with Gasteiger partial charge in [0, 0.05) is 12.3 Å². The SMILES string of the molecule is N#Cc1cccc(C2Cn3nc(N)nc3CC2C(=O)O)c1. The molecule has 0 spiro atoms. The lowest BCUT2D eigenvalue weighted by molar-refractivity contribution is -0.143. The zero-order valence-corrected chi connectivity index (χ0v) is 11.1. The van der Waals surface area contributed by atoms with Gasteiger partial charge in [-0.15, -0.1) is 5.10 Å². The molecule has 1 aromatic carbocycles. The molecule has 0 amide bonds. The van der Waals surface area contributed by atoms with Crippen molar-refractivity contribution in [1.29, 1.82) is 5.26 Å². The van der Waals surface area contributed by atoms with E-state index in [9.17, 15) is 9.90 Å². The van der Waals surface area contributed by atoms with Crippen molar-refractivity contribution in [3.05, 3.63) is 41.2 Å². The van der Waals surface area contributed by atoms with E-state index in [1.54, 1.807) is 22.9 Å². The molecule has 0 bridgehead atoms. The minimum absolute atomic E-state index is 0.153. The van der Waals surface area contributed by atoms with Gasteiger partial charge in [-0.3, -0.25) is 4.79 Å². The Bertz CT molecular complexity index is 746. The number of nitriles is 1. The number of nitrogen functional groups attached to an aromatic ring is 1. The summed E-state index contributed by atoms with van der Waals surface area (Å²) in [6, 6.07) is 9.10. The van der Waals surface area contributed by atoms with Crippen LogP contribution in [0.2, 0.25) is 0 Å². The molecule has 21 heavy (non-hydrogen) atoms. The monoisotopic (exact) mass is 283 g/mol. The molecule has 7 heteroatoms. The van der Waals surface area contributed by atoms with Crippen molar-refractivity contribution in [1.82, 2.24) is 14.8 Å². The van der Waals surface area contributed by atoms with Gasteiger partial charge >= 0.3 is 5.97 Å². The highest BCUT2D eigenvalue weighted by Crippen LogP contribution is 2.34. The third-order valence-electron chi connectivity index (χ3n) is 3.78. The summed E-state index contributed by atoms with van der Waals surface area (Å²) in [6.07, 6.45) is 0.279. The number of aromatic nitrogens is 3. The van der Waals surface area contributed by atoms with Gasteiger partial charge in [0.25, 0.3) is 0 Å². The topological polar surface area (TPSA) is 118 Å². The summed E-state index contributed by atoms with van der Waals surface area (Å²) in [5, 5.41) is 22.6. The Hall–Kier alpha value is -2.88. The molecule has 3 rings (SSSR count). The molecule has 0 aliphatic carbocycles. The maximum Gasteiger partial charge on any atom is 0.307 e. The first kappa shape index (κ1) is 13.1. The fraction of sp³-hybridized carbons (Fsp3) is 0.286. The first-order valence-electron chi connectivity index (χ1n) is 6.50. The maximum absolute atomic E-state index is 11.6. The molecule has 2 atom stereocenters. The molecule has 106 valence electrons. The predicted molar refractivity (Wildman–Crippen MR) is 73.2 cm³/mol. The second kappa shape index (κ2) is 4.90. The third-order valence-corrected chi connectivity index (χ3v) is 3.78. The summed E-state index contributed by atoms with van der Waals surface area (Å²) in [4.78, 5) is 15.6. The predicted octanol–water partition coefficient (Wildman–Crippen LogP) is 0.773. The van der Waals surface area contributed by atoms with Crippen LogP contribution < -0.4 is 5.73 Å². The van der Waals surface area contributed by atoms with Gasteiger partial charge in [-0.2, -0.15) is 10.2 Å². The number of nitrogens with zero attached hydrogens (tertiary/aromatic N) is 4.